The molecule has 2 N–H and O–H groups in total. The molecule has 1 saturated heterocycles. The molecule has 2 fully saturated rings. The summed E-state index contributed by atoms with van der Waals surface area (Å²) in [7, 11) is 1.59. The van der Waals surface area contributed by atoms with E-state index in [-0.39, 0.29) is 23.9 Å². The number of imide groups is 1. The minimum absolute atomic E-state index is 0.00307. The molecule has 0 aromatic heterocycles. The maximum atomic E-state index is 12.8. The summed E-state index contributed by atoms with van der Waals surface area (Å²) in [5.74, 6) is 1.06. The number of carbonyl (C=O) groups is 2. The van der Waals surface area contributed by atoms with Gasteiger partial charge in [-0.05, 0) is 47.4 Å². The third-order valence-electron chi connectivity index (χ3n) is 5.94. The Balaban J connectivity index is 1.39. The van der Waals surface area contributed by atoms with E-state index in [0.29, 0.717) is 0 Å². The molecule has 142 valence electrons. The van der Waals surface area contributed by atoms with Crippen LogP contribution in [0, 0.1) is 0 Å². The standard InChI is InChI=1S/C21H20N4O3/c1-28-13-8-6-12(7-9-13)11-22-25-20(26)23-17-10-16-14-4-2-3-5-15(14)18(17)19(16)24-21(25)27/h2-9,11,16-19H,10H2,1H3,(H,23,26)(H,24,27)/t16-,17+,18-,19-/m1/s1. The molecule has 5 rings (SSSR count). The molecule has 2 aromatic carbocycles. The normalized spacial score (nSPS) is 27.8. The van der Waals surface area contributed by atoms with E-state index in [4.69, 9.17) is 4.74 Å². The van der Waals surface area contributed by atoms with Gasteiger partial charge in [0.05, 0.1) is 13.3 Å². The van der Waals surface area contributed by atoms with Crippen molar-refractivity contribution in [2.75, 3.05) is 7.11 Å². The van der Waals surface area contributed by atoms with Crippen molar-refractivity contribution in [1.82, 2.24) is 15.6 Å². The highest BCUT2D eigenvalue weighted by atomic mass is 16.5. The first-order valence-electron chi connectivity index (χ1n) is 9.33. The van der Waals surface area contributed by atoms with Crippen LogP contribution < -0.4 is 15.4 Å². The number of amides is 4. The second-order valence-corrected chi connectivity index (χ2v) is 7.36. The predicted molar refractivity (Wildman–Crippen MR) is 104 cm³/mol. The minimum Gasteiger partial charge on any atom is -0.497 e. The number of fused-ring (bicyclic) bond motifs is 2. The van der Waals surface area contributed by atoms with E-state index < -0.39 is 12.1 Å². The SMILES string of the molecule is COc1ccc(C=NN2C(=O)N[C@H]3[C@@H]4c5ccccc5[C@H]3C[C@@H]4NC2=O)cc1. The first kappa shape index (κ1) is 16.8. The highest BCUT2D eigenvalue weighted by Crippen LogP contribution is 2.53. The number of nitrogens with one attached hydrogen (secondary N) is 2. The molecule has 4 atom stereocenters. The first-order chi connectivity index (χ1) is 13.7. The maximum Gasteiger partial charge on any atom is 0.346 e. The highest BCUT2D eigenvalue weighted by molar-refractivity contribution is 5.96. The van der Waals surface area contributed by atoms with E-state index in [9.17, 15) is 9.59 Å². The summed E-state index contributed by atoms with van der Waals surface area (Å²) in [5.41, 5.74) is 3.27. The van der Waals surface area contributed by atoms with Gasteiger partial charge in [-0.15, -0.1) is 5.01 Å². The summed E-state index contributed by atoms with van der Waals surface area (Å²) in [6.07, 6.45) is 2.32. The van der Waals surface area contributed by atoms with E-state index in [1.807, 2.05) is 24.3 Å². The zero-order chi connectivity index (χ0) is 19.3. The van der Waals surface area contributed by atoms with Gasteiger partial charge in [0.1, 0.15) is 5.75 Å². The first-order valence-corrected chi connectivity index (χ1v) is 9.33. The number of nitrogens with zero attached hydrogens (tertiary/aromatic N) is 2. The van der Waals surface area contributed by atoms with Gasteiger partial charge in [-0.3, -0.25) is 0 Å². The van der Waals surface area contributed by atoms with Gasteiger partial charge in [0, 0.05) is 23.9 Å². The fraction of sp³-hybridized carbons (Fsp3) is 0.286. The number of ether oxygens (including phenoxy) is 1. The Kier molecular flexibility index (Phi) is 3.82. The third-order valence-corrected chi connectivity index (χ3v) is 5.94. The van der Waals surface area contributed by atoms with E-state index in [1.165, 1.54) is 17.3 Å². The minimum atomic E-state index is -0.504. The number of hydrazone groups is 1. The molecule has 0 unspecified atom stereocenters. The predicted octanol–water partition coefficient (Wildman–Crippen LogP) is 2.79. The summed E-state index contributed by atoms with van der Waals surface area (Å²) in [5, 5.41) is 11.1. The molecule has 7 nitrogen and oxygen atoms in total. The molecular weight excluding hydrogens is 356 g/mol. The van der Waals surface area contributed by atoms with Crippen LogP contribution in [0.3, 0.4) is 0 Å². The van der Waals surface area contributed by atoms with Gasteiger partial charge in [-0.1, -0.05) is 24.3 Å². The lowest BCUT2D eigenvalue weighted by Gasteiger charge is -2.30. The molecule has 2 aliphatic carbocycles. The smallest absolute Gasteiger partial charge is 0.346 e. The van der Waals surface area contributed by atoms with Crippen molar-refractivity contribution in [2.24, 2.45) is 5.10 Å². The van der Waals surface area contributed by atoms with E-state index in [0.717, 1.165) is 22.7 Å². The van der Waals surface area contributed by atoms with Crippen molar-refractivity contribution in [2.45, 2.75) is 30.3 Å². The Morgan fingerprint density at radius 3 is 2.50 bits per heavy atom. The van der Waals surface area contributed by atoms with E-state index in [1.54, 1.807) is 19.2 Å². The number of urea groups is 2. The van der Waals surface area contributed by atoms with Crippen molar-refractivity contribution in [3.8, 4) is 5.75 Å². The van der Waals surface area contributed by atoms with Crippen molar-refractivity contribution in [3.05, 3.63) is 65.2 Å². The molecule has 1 saturated carbocycles. The highest BCUT2D eigenvalue weighted by Gasteiger charge is 2.54. The van der Waals surface area contributed by atoms with Crippen LogP contribution in [0.1, 0.15) is 34.9 Å². The van der Waals surface area contributed by atoms with Crippen LogP contribution in [0.2, 0.25) is 0 Å². The van der Waals surface area contributed by atoms with E-state index >= 15 is 0 Å². The number of carbonyl (C=O) groups excluding carboxylic acids is 2. The Hall–Kier alpha value is -3.35. The Morgan fingerprint density at radius 2 is 1.75 bits per heavy atom. The molecule has 28 heavy (non-hydrogen) atoms. The summed E-state index contributed by atoms with van der Waals surface area (Å²) in [6.45, 7) is 0. The van der Waals surface area contributed by atoms with Crippen LogP contribution in [0.4, 0.5) is 9.59 Å². The largest absolute Gasteiger partial charge is 0.497 e. The van der Waals surface area contributed by atoms with Crippen molar-refractivity contribution in [1.29, 1.82) is 0 Å². The summed E-state index contributed by atoms with van der Waals surface area (Å²) < 4.78 is 5.13. The molecular formula is C21H20N4O3. The summed E-state index contributed by atoms with van der Waals surface area (Å²) in [4.78, 5) is 25.5. The average Bonchev–Trinajstić information content (AvgIpc) is 3.20. The summed E-state index contributed by atoms with van der Waals surface area (Å²) in [6, 6.07) is 14.4. The molecule has 0 radical (unpaired) electrons. The molecule has 1 aliphatic heterocycles. The number of rotatable bonds is 3. The third kappa shape index (κ3) is 2.54. The molecule has 1 heterocycles. The lowest BCUT2D eigenvalue weighted by atomic mass is 9.88. The number of hydrogen-bond donors (Lipinski definition) is 2. The Labute approximate surface area is 162 Å². The fourth-order valence-corrected chi connectivity index (χ4v) is 4.72. The van der Waals surface area contributed by atoms with Crippen LogP contribution in [-0.4, -0.2) is 42.5 Å². The van der Waals surface area contributed by atoms with E-state index in [2.05, 4.69) is 27.9 Å². The molecule has 0 spiro atoms. The quantitative estimate of drug-likeness (QED) is 0.808. The van der Waals surface area contributed by atoms with Crippen LogP contribution in [0.15, 0.2) is 53.6 Å². The topological polar surface area (TPSA) is 83.0 Å². The molecule has 7 heteroatoms. The van der Waals surface area contributed by atoms with Gasteiger partial charge in [0.2, 0.25) is 0 Å². The zero-order valence-corrected chi connectivity index (χ0v) is 15.3. The Morgan fingerprint density at radius 1 is 1.04 bits per heavy atom. The van der Waals surface area contributed by atoms with Gasteiger partial charge >= 0.3 is 12.1 Å². The summed E-state index contributed by atoms with van der Waals surface area (Å²) >= 11 is 0. The van der Waals surface area contributed by atoms with Gasteiger partial charge < -0.3 is 15.4 Å². The van der Waals surface area contributed by atoms with Gasteiger partial charge in [-0.25, -0.2) is 9.59 Å². The van der Waals surface area contributed by atoms with Gasteiger partial charge in [-0.2, -0.15) is 5.10 Å². The van der Waals surface area contributed by atoms with Crippen LogP contribution in [0.25, 0.3) is 0 Å². The van der Waals surface area contributed by atoms with Gasteiger partial charge in [0.25, 0.3) is 0 Å². The molecule has 4 bridgehead atoms. The molecule has 3 aliphatic rings. The van der Waals surface area contributed by atoms with Crippen molar-refractivity contribution in [3.63, 3.8) is 0 Å². The zero-order valence-electron chi connectivity index (χ0n) is 15.3. The number of hydrogen-bond acceptors (Lipinski definition) is 4. The van der Waals surface area contributed by atoms with Crippen molar-refractivity contribution >= 4 is 18.3 Å². The lowest BCUT2D eigenvalue weighted by Crippen LogP contribution is -2.55. The lowest BCUT2D eigenvalue weighted by molar-refractivity contribution is 0.177. The van der Waals surface area contributed by atoms with Crippen molar-refractivity contribution < 1.29 is 14.3 Å². The maximum absolute atomic E-state index is 12.8. The number of benzene rings is 2. The second kappa shape index (κ2) is 6.37. The fourth-order valence-electron chi connectivity index (χ4n) is 4.72. The van der Waals surface area contributed by atoms with Crippen LogP contribution >= 0.6 is 0 Å². The van der Waals surface area contributed by atoms with Crippen LogP contribution in [0.5, 0.6) is 5.75 Å². The average molecular weight is 376 g/mol. The van der Waals surface area contributed by atoms with Gasteiger partial charge in [0.15, 0.2) is 0 Å². The monoisotopic (exact) mass is 376 g/mol. The molecule has 2 aromatic rings. The molecule has 4 amide bonds. The Bertz CT molecular complexity index is 972. The van der Waals surface area contributed by atoms with Crippen LogP contribution in [-0.2, 0) is 0 Å². The number of methoxy groups -OCH3 is 1. The second-order valence-electron chi connectivity index (χ2n) is 7.36.